The van der Waals surface area contributed by atoms with Crippen LogP contribution in [0.15, 0.2) is 48.5 Å². The molecule has 142 valence electrons. The highest BCUT2D eigenvalue weighted by molar-refractivity contribution is 6.10. The van der Waals surface area contributed by atoms with Gasteiger partial charge in [0.2, 0.25) is 11.8 Å². The van der Waals surface area contributed by atoms with Crippen LogP contribution in [0.4, 0.5) is 11.4 Å². The first-order valence-corrected chi connectivity index (χ1v) is 8.59. The smallest absolute Gasteiger partial charge is 0.339 e. The van der Waals surface area contributed by atoms with Crippen LogP contribution < -0.4 is 10.6 Å². The summed E-state index contributed by atoms with van der Waals surface area (Å²) in [4.78, 5) is 36.3. The first-order chi connectivity index (χ1) is 12.7. The first kappa shape index (κ1) is 20.2. The average Bonchev–Trinajstić information content (AvgIpc) is 2.60. The number of carbonyl (C=O) groups is 3. The Bertz CT molecular complexity index is 853. The Hall–Kier alpha value is -3.15. The van der Waals surface area contributed by atoms with Gasteiger partial charge in [-0.1, -0.05) is 51.1 Å². The molecule has 27 heavy (non-hydrogen) atoms. The first-order valence-electron chi connectivity index (χ1n) is 8.59. The minimum atomic E-state index is -0.561. The minimum absolute atomic E-state index is 0.147. The SMILES string of the molecule is COC(=O)c1ccccc1NC(=O)CC(=O)Nc1ccccc1C(C)(C)C. The number of methoxy groups -OCH3 is 1. The van der Waals surface area contributed by atoms with E-state index in [9.17, 15) is 14.4 Å². The van der Waals surface area contributed by atoms with Gasteiger partial charge in [0.05, 0.1) is 18.4 Å². The molecule has 2 amide bonds. The molecule has 0 saturated heterocycles. The third-order valence-electron chi connectivity index (χ3n) is 3.94. The van der Waals surface area contributed by atoms with E-state index in [1.54, 1.807) is 24.3 Å². The lowest BCUT2D eigenvalue weighted by Crippen LogP contribution is -2.24. The predicted octanol–water partition coefficient (Wildman–Crippen LogP) is 3.74. The van der Waals surface area contributed by atoms with Crippen molar-refractivity contribution in [1.82, 2.24) is 0 Å². The van der Waals surface area contributed by atoms with Gasteiger partial charge in [0.1, 0.15) is 6.42 Å². The van der Waals surface area contributed by atoms with E-state index in [1.165, 1.54) is 7.11 Å². The summed E-state index contributed by atoms with van der Waals surface area (Å²) in [6.07, 6.45) is -0.367. The van der Waals surface area contributed by atoms with Crippen molar-refractivity contribution in [2.75, 3.05) is 17.7 Å². The van der Waals surface area contributed by atoms with Crippen LogP contribution in [0, 0.1) is 0 Å². The van der Waals surface area contributed by atoms with Crippen molar-refractivity contribution >= 4 is 29.2 Å². The van der Waals surface area contributed by atoms with E-state index in [-0.39, 0.29) is 17.4 Å². The van der Waals surface area contributed by atoms with Gasteiger partial charge >= 0.3 is 5.97 Å². The quantitative estimate of drug-likeness (QED) is 0.622. The fourth-order valence-corrected chi connectivity index (χ4v) is 2.66. The molecule has 6 heteroatoms. The largest absolute Gasteiger partial charge is 0.465 e. The van der Waals surface area contributed by atoms with Gasteiger partial charge in [-0.3, -0.25) is 9.59 Å². The molecule has 0 heterocycles. The second kappa shape index (κ2) is 8.49. The number of ether oxygens (including phenoxy) is 1. The van der Waals surface area contributed by atoms with Crippen molar-refractivity contribution in [1.29, 1.82) is 0 Å². The molecule has 0 aliphatic carbocycles. The summed E-state index contributed by atoms with van der Waals surface area (Å²) < 4.78 is 4.69. The van der Waals surface area contributed by atoms with Crippen molar-refractivity contribution in [2.45, 2.75) is 32.6 Å². The summed E-state index contributed by atoms with van der Waals surface area (Å²) in [6.45, 7) is 6.15. The predicted molar refractivity (Wildman–Crippen MR) is 105 cm³/mol. The van der Waals surface area contributed by atoms with Crippen LogP contribution in [0.1, 0.15) is 43.1 Å². The number of para-hydroxylation sites is 2. The molecule has 0 bridgehead atoms. The number of hydrogen-bond donors (Lipinski definition) is 2. The van der Waals surface area contributed by atoms with Crippen LogP contribution in [-0.2, 0) is 19.7 Å². The third-order valence-corrected chi connectivity index (χ3v) is 3.94. The molecule has 0 atom stereocenters. The number of nitrogens with one attached hydrogen (secondary N) is 2. The zero-order valence-electron chi connectivity index (χ0n) is 16.0. The summed E-state index contributed by atoms with van der Waals surface area (Å²) in [7, 11) is 1.26. The molecule has 0 saturated carbocycles. The summed E-state index contributed by atoms with van der Waals surface area (Å²) in [5.41, 5.74) is 2.04. The Balaban J connectivity index is 2.06. The molecule has 0 unspecified atom stereocenters. The second-order valence-corrected chi connectivity index (χ2v) is 7.11. The van der Waals surface area contributed by atoms with Crippen LogP contribution in [0.25, 0.3) is 0 Å². The normalized spacial score (nSPS) is 10.8. The lowest BCUT2D eigenvalue weighted by atomic mass is 9.86. The molecule has 0 aliphatic rings. The maximum atomic E-state index is 12.3. The molecule has 2 N–H and O–H groups in total. The van der Waals surface area contributed by atoms with Gasteiger partial charge in [-0.2, -0.15) is 0 Å². The Morgan fingerprint density at radius 2 is 1.37 bits per heavy atom. The van der Waals surface area contributed by atoms with E-state index < -0.39 is 17.8 Å². The number of benzene rings is 2. The number of hydrogen-bond acceptors (Lipinski definition) is 4. The van der Waals surface area contributed by atoms with E-state index in [2.05, 4.69) is 31.4 Å². The van der Waals surface area contributed by atoms with E-state index in [1.807, 2.05) is 24.3 Å². The van der Waals surface area contributed by atoms with E-state index in [4.69, 9.17) is 4.74 Å². The zero-order chi connectivity index (χ0) is 20.0. The Kier molecular flexibility index (Phi) is 6.34. The van der Waals surface area contributed by atoms with Gasteiger partial charge in [0.15, 0.2) is 0 Å². The Labute approximate surface area is 158 Å². The molecule has 0 aliphatic heterocycles. The van der Waals surface area contributed by atoms with Gasteiger partial charge in [0.25, 0.3) is 0 Å². The second-order valence-electron chi connectivity index (χ2n) is 7.11. The third kappa shape index (κ3) is 5.41. The van der Waals surface area contributed by atoms with Crippen molar-refractivity contribution < 1.29 is 19.1 Å². The standard InChI is InChI=1S/C21H24N2O4/c1-21(2,3)15-10-6-8-12-17(15)23-19(25)13-18(24)22-16-11-7-5-9-14(16)20(26)27-4/h5-12H,13H2,1-4H3,(H,22,24)(H,23,25). The van der Waals surface area contributed by atoms with E-state index >= 15 is 0 Å². The fraction of sp³-hybridized carbons (Fsp3) is 0.286. The summed E-state index contributed by atoms with van der Waals surface area (Å²) in [6, 6.07) is 14.0. The maximum absolute atomic E-state index is 12.3. The highest BCUT2D eigenvalue weighted by atomic mass is 16.5. The average molecular weight is 368 g/mol. The highest BCUT2D eigenvalue weighted by Crippen LogP contribution is 2.29. The minimum Gasteiger partial charge on any atom is -0.465 e. The molecule has 2 aromatic rings. The zero-order valence-corrected chi connectivity index (χ0v) is 16.0. The monoisotopic (exact) mass is 368 g/mol. The van der Waals surface area contributed by atoms with Gasteiger partial charge in [-0.15, -0.1) is 0 Å². The number of rotatable bonds is 5. The van der Waals surface area contributed by atoms with Crippen LogP contribution in [0.5, 0.6) is 0 Å². The number of esters is 1. The molecule has 0 radical (unpaired) electrons. The van der Waals surface area contributed by atoms with Crippen LogP contribution in [0.3, 0.4) is 0 Å². The molecular weight excluding hydrogens is 344 g/mol. The van der Waals surface area contributed by atoms with Crippen molar-refractivity contribution in [3.8, 4) is 0 Å². The van der Waals surface area contributed by atoms with E-state index in [0.717, 1.165) is 5.56 Å². The number of amides is 2. The highest BCUT2D eigenvalue weighted by Gasteiger charge is 2.20. The summed E-state index contributed by atoms with van der Waals surface area (Å²) in [5, 5.41) is 5.38. The molecule has 0 spiro atoms. The molecule has 0 fully saturated rings. The number of anilines is 2. The van der Waals surface area contributed by atoms with Crippen molar-refractivity contribution in [2.24, 2.45) is 0 Å². The Morgan fingerprint density at radius 1 is 0.852 bits per heavy atom. The topological polar surface area (TPSA) is 84.5 Å². The van der Waals surface area contributed by atoms with Gasteiger partial charge in [0, 0.05) is 5.69 Å². The van der Waals surface area contributed by atoms with Gasteiger partial charge in [-0.25, -0.2) is 4.79 Å². The van der Waals surface area contributed by atoms with E-state index in [0.29, 0.717) is 11.4 Å². The fourth-order valence-electron chi connectivity index (χ4n) is 2.66. The molecule has 2 rings (SSSR count). The lowest BCUT2D eigenvalue weighted by molar-refractivity contribution is -0.123. The number of carbonyl (C=O) groups excluding carboxylic acids is 3. The Morgan fingerprint density at radius 3 is 1.96 bits per heavy atom. The summed E-state index contributed by atoms with van der Waals surface area (Å²) in [5.74, 6) is -1.51. The van der Waals surface area contributed by atoms with Crippen LogP contribution >= 0.6 is 0 Å². The van der Waals surface area contributed by atoms with Crippen LogP contribution in [-0.4, -0.2) is 24.9 Å². The lowest BCUT2D eigenvalue weighted by Gasteiger charge is -2.23. The molecule has 0 aromatic heterocycles. The van der Waals surface area contributed by atoms with Crippen molar-refractivity contribution in [3.05, 3.63) is 59.7 Å². The molecule has 6 nitrogen and oxygen atoms in total. The molecular formula is C21H24N2O4. The maximum Gasteiger partial charge on any atom is 0.339 e. The van der Waals surface area contributed by atoms with Crippen molar-refractivity contribution in [3.63, 3.8) is 0 Å². The van der Waals surface area contributed by atoms with Gasteiger partial charge < -0.3 is 15.4 Å². The molecule has 2 aromatic carbocycles. The summed E-state index contributed by atoms with van der Waals surface area (Å²) >= 11 is 0. The van der Waals surface area contributed by atoms with Crippen LogP contribution in [0.2, 0.25) is 0 Å². The van der Waals surface area contributed by atoms with Gasteiger partial charge in [-0.05, 0) is 29.2 Å².